The second kappa shape index (κ2) is 4.50. The van der Waals surface area contributed by atoms with E-state index >= 15 is 0 Å². The van der Waals surface area contributed by atoms with Crippen LogP contribution >= 0.6 is 22.7 Å². The molecular formula is C9H9N3OS2. The van der Waals surface area contributed by atoms with E-state index in [0.717, 1.165) is 11.4 Å². The molecule has 0 saturated heterocycles. The topological polar surface area (TPSA) is 54.9 Å². The molecule has 0 aromatic carbocycles. The monoisotopic (exact) mass is 239 g/mol. The summed E-state index contributed by atoms with van der Waals surface area (Å²) in [6, 6.07) is 3.62. The van der Waals surface area contributed by atoms with Crippen molar-refractivity contribution in [3.63, 3.8) is 0 Å². The molecule has 4 nitrogen and oxygen atoms in total. The van der Waals surface area contributed by atoms with Gasteiger partial charge in [-0.1, -0.05) is 24.3 Å². The molecule has 0 aliphatic carbocycles. The molecule has 1 amide bonds. The zero-order chi connectivity index (χ0) is 10.7. The smallest absolute Gasteiger partial charge is 0.267 e. The van der Waals surface area contributed by atoms with Gasteiger partial charge >= 0.3 is 0 Å². The van der Waals surface area contributed by atoms with Gasteiger partial charge in [0, 0.05) is 0 Å². The van der Waals surface area contributed by atoms with Gasteiger partial charge in [-0.05, 0) is 17.9 Å². The number of nitrogens with zero attached hydrogens (tertiary/aromatic N) is 2. The van der Waals surface area contributed by atoms with Crippen molar-refractivity contribution in [3.05, 3.63) is 27.4 Å². The van der Waals surface area contributed by atoms with E-state index in [1.807, 2.05) is 18.4 Å². The average Bonchev–Trinajstić information content (AvgIpc) is 2.87. The Bertz CT molecular complexity index is 450. The highest BCUT2D eigenvalue weighted by molar-refractivity contribution is 7.15. The standard InChI is InChI=1S/C9H9N3OS2/c1-2-7-11-12-9(15-7)10-8(13)6-4-3-5-14-6/h3-5H,2H2,1H3,(H,10,12,13). The van der Waals surface area contributed by atoms with Crippen molar-refractivity contribution >= 4 is 33.7 Å². The van der Waals surface area contributed by atoms with Crippen LogP contribution in [0, 0.1) is 0 Å². The minimum Gasteiger partial charge on any atom is -0.296 e. The van der Waals surface area contributed by atoms with Crippen LogP contribution in [-0.4, -0.2) is 16.1 Å². The number of anilines is 1. The Kier molecular flexibility index (Phi) is 3.08. The number of carbonyl (C=O) groups excluding carboxylic acids is 1. The van der Waals surface area contributed by atoms with E-state index in [0.29, 0.717) is 10.0 Å². The molecule has 0 unspecified atom stereocenters. The average molecular weight is 239 g/mol. The highest BCUT2D eigenvalue weighted by Crippen LogP contribution is 2.17. The fraction of sp³-hybridized carbons (Fsp3) is 0.222. The maximum Gasteiger partial charge on any atom is 0.267 e. The number of aryl methyl sites for hydroxylation is 1. The fourth-order valence-electron chi connectivity index (χ4n) is 1.01. The van der Waals surface area contributed by atoms with Gasteiger partial charge in [0.1, 0.15) is 5.01 Å². The van der Waals surface area contributed by atoms with E-state index in [9.17, 15) is 4.79 Å². The first-order valence-corrected chi connectivity index (χ1v) is 6.16. The third-order valence-corrected chi connectivity index (χ3v) is 3.59. The summed E-state index contributed by atoms with van der Waals surface area (Å²) in [6.07, 6.45) is 0.840. The number of thiophene rings is 1. The zero-order valence-corrected chi connectivity index (χ0v) is 9.69. The van der Waals surface area contributed by atoms with Crippen LogP contribution in [0.15, 0.2) is 17.5 Å². The van der Waals surface area contributed by atoms with Crippen LogP contribution in [0.3, 0.4) is 0 Å². The summed E-state index contributed by atoms with van der Waals surface area (Å²) in [5.74, 6) is -0.121. The van der Waals surface area contributed by atoms with Gasteiger partial charge in [-0.3, -0.25) is 10.1 Å². The maximum absolute atomic E-state index is 11.6. The molecule has 15 heavy (non-hydrogen) atoms. The highest BCUT2D eigenvalue weighted by Gasteiger charge is 2.09. The van der Waals surface area contributed by atoms with Crippen LogP contribution in [0.4, 0.5) is 5.13 Å². The minimum absolute atomic E-state index is 0.121. The first-order valence-electron chi connectivity index (χ1n) is 4.47. The number of carbonyl (C=O) groups is 1. The van der Waals surface area contributed by atoms with Crippen LogP contribution in [-0.2, 0) is 6.42 Å². The van der Waals surface area contributed by atoms with Crippen molar-refractivity contribution in [2.75, 3.05) is 5.32 Å². The molecule has 2 heterocycles. The number of hydrogen-bond acceptors (Lipinski definition) is 5. The van der Waals surface area contributed by atoms with Crippen molar-refractivity contribution in [1.82, 2.24) is 10.2 Å². The molecule has 0 aliphatic heterocycles. The lowest BCUT2D eigenvalue weighted by molar-refractivity contribution is 0.103. The maximum atomic E-state index is 11.6. The lowest BCUT2D eigenvalue weighted by atomic mass is 10.4. The van der Waals surface area contributed by atoms with Crippen LogP contribution in [0.1, 0.15) is 21.6 Å². The normalized spacial score (nSPS) is 10.2. The molecule has 6 heteroatoms. The molecule has 0 spiro atoms. The van der Waals surface area contributed by atoms with Gasteiger partial charge in [-0.25, -0.2) is 0 Å². The van der Waals surface area contributed by atoms with E-state index in [1.54, 1.807) is 6.07 Å². The Morgan fingerprint density at radius 2 is 2.40 bits per heavy atom. The molecule has 0 atom stereocenters. The fourth-order valence-corrected chi connectivity index (χ4v) is 2.31. The predicted molar refractivity (Wildman–Crippen MR) is 61.6 cm³/mol. The van der Waals surface area contributed by atoms with Crippen molar-refractivity contribution < 1.29 is 4.79 Å². The molecule has 2 rings (SSSR count). The number of nitrogens with one attached hydrogen (secondary N) is 1. The first-order chi connectivity index (χ1) is 7.29. The lowest BCUT2D eigenvalue weighted by Gasteiger charge is -1.95. The van der Waals surface area contributed by atoms with E-state index in [2.05, 4.69) is 15.5 Å². The lowest BCUT2D eigenvalue weighted by Crippen LogP contribution is -2.09. The Morgan fingerprint density at radius 3 is 3.00 bits per heavy atom. The number of rotatable bonds is 3. The summed E-state index contributed by atoms with van der Waals surface area (Å²) in [6.45, 7) is 2.01. The van der Waals surface area contributed by atoms with Crippen LogP contribution in [0.5, 0.6) is 0 Å². The minimum atomic E-state index is -0.121. The SMILES string of the molecule is CCc1nnc(NC(=O)c2cccs2)s1. The summed E-state index contributed by atoms with van der Waals surface area (Å²) in [7, 11) is 0. The molecule has 2 aromatic rings. The summed E-state index contributed by atoms with van der Waals surface area (Å²) in [5, 5.41) is 13.9. The first kappa shape index (κ1) is 10.3. The largest absolute Gasteiger partial charge is 0.296 e. The molecule has 0 aliphatic rings. The molecule has 1 N–H and O–H groups in total. The predicted octanol–water partition coefficient (Wildman–Crippen LogP) is 2.41. The quantitative estimate of drug-likeness (QED) is 0.895. The van der Waals surface area contributed by atoms with Gasteiger partial charge < -0.3 is 0 Å². The summed E-state index contributed by atoms with van der Waals surface area (Å²) in [5.41, 5.74) is 0. The van der Waals surface area contributed by atoms with Crippen molar-refractivity contribution in [2.24, 2.45) is 0 Å². The van der Waals surface area contributed by atoms with Crippen LogP contribution in [0.25, 0.3) is 0 Å². The van der Waals surface area contributed by atoms with Crippen molar-refractivity contribution in [1.29, 1.82) is 0 Å². The molecule has 2 aromatic heterocycles. The van der Waals surface area contributed by atoms with Gasteiger partial charge in [0.05, 0.1) is 4.88 Å². The Hall–Kier alpha value is -1.27. The second-order valence-corrected chi connectivity index (χ2v) is 4.80. The Morgan fingerprint density at radius 1 is 1.53 bits per heavy atom. The van der Waals surface area contributed by atoms with Gasteiger partial charge in [-0.15, -0.1) is 21.5 Å². The summed E-state index contributed by atoms with van der Waals surface area (Å²) < 4.78 is 0. The number of aromatic nitrogens is 2. The third kappa shape index (κ3) is 2.40. The van der Waals surface area contributed by atoms with E-state index < -0.39 is 0 Å². The number of hydrogen-bond donors (Lipinski definition) is 1. The van der Waals surface area contributed by atoms with Crippen molar-refractivity contribution in [2.45, 2.75) is 13.3 Å². The van der Waals surface area contributed by atoms with E-state index in [4.69, 9.17) is 0 Å². The summed E-state index contributed by atoms with van der Waals surface area (Å²) >= 11 is 2.82. The molecular weight excluding hydrogens is 230 g/mol. The molecule has 78 valence electrons. The third-order valence-electron chi connectivity index (χ3n) is 1.73. The molecule has 0 bridgehead atoms. The molecule has 0 fully saturated rings. The Labute approximate surface area is 95.0 Å². The summed E-state index contributed by atoms with van der Waals surface area (Å²) in [4.78, 5) is 12.3. The number of amides is 1. The van der Waals surface area contributed by atoms with Crippen molar-refractivity contribution in [3.8, 4) is 0 Å². The van der Waals surface area contributed by atoms with Gasteiger partial charge in [0.2, 0.25) is 5.13 Å². The van der Waals surface area contributed by atoms with Crippen LogP contribution in [0.2, 0.25) is 0 Å². The second-order valence-electron chi connectivity index (χ2n) is 2.79. The molecule has 0 saturated carbocycles. The van der Waals surface area contributed by atoms with Gasteiger partial charge in [0.15, 0.2) is 0 Å². The van der Waals surface area contributed by atoms with Gasteiger partial charge in [-0.2, -0.15) is 0 Å². The zero-order valence-electron chi connectivity index (χ0n) is 8.06. The van der Waals surface area contributed by atoms with Gasteiger partial charge in [0.25, 0.3) is 5.91 Å². The van der Waals surface area contributed by atoms with Crippen LogP contribution < -0.4 is 5.32 Å². The molecule has 0 radical (unpaired) electrons. The highest BCUT2D eigenvalue weighted by atomic mass is 32.1. The van der Waals surface area contributed by atoms with E-state index in [1.165, 1.54) is 22.7 Å². The Balaban J connectivity index is 2.06. The van der Waals surface area contributed by atoms with E-state index in [-0.39, 0.29) is 5.91 Å².